The lowest BCUT2D eigenvalue weighted by atomic mass is 9.97. The van der Waals surface area contributed by atoms with Crippen molar-refractivity contribution in [2.75, 3.05) is 0 Å². The van der Waals surface area contributed by atoms with Crippen LogP contribution < -0.4 is 0 Å². The summed E-state index contributed by atoms with van der Waals surface area (Å²) in [6.45, 7) is 3.66. The summed E-state index contributed by atoms with van der Waals surface area (Å²) in [5, 5.41) is 4.25. The first kappa shape index (κ1) is 11.0. The minimum Gasteiger partial charge on any atom is -0.354 e. The third-order valence-electron chi connectivity index (χ3n) is 4.07. The van der Waals surface area contributed by atoms with Crippen LogP contribution in [0.4, 0.5) is 0 Å². The Balaban J connectivity index is 1.91. The van der Waals surface area contributed by atoms with Crippen LogP contribution in [-0.2, 0) is 6.42 Å². The molecule has 0 radical (unpaired) electrons. The van der Waals surface area contributed by atoms with Crippen LogP contribution in [-0.4, -0.2) is 20.5 Å². The molecule has 0 aromatic carbocycles. The van der Waals surface area contributed by atoms with E-state index >= 15 is 0 Å². The number of ketones is 1. The van der Waals surface area contributed by atoms with Gasteiger partial charge in [-0.1, -0.05) is 5.16 Å². The molecule has 1 aliphatic heterocycles. The molecular weight excluding hydrogens is 242 g/mol. The van der Waals surface area contributed by atoms with Crippen molar-refractivity contribution in [2.24, 2.45) is 0 Å². The third kappa shape index (κ3) is 1.44. The number of fused-ring (bicyclic) bond motifs is 3. The van der Waals surface area contributed by atoms with Crippen LogP contribution in [0.2, 0.25) is 0 Å². The Bertz CT molecular complexity index is 679. The van der Waals surface area contributed by atoms with Crippen molar-refractivity contribution in [1.29, 1.82) is 0 Å². The number of carbonyl (C=O) groups is 1. The van der Waals surface area contributed by atoms with E-state index in [0.29, 0.717) is 11.7 Å². The maximum Gasteiger partial charge on any atom is 0.195 e. The maximum atomic E-state index is 11.6. The Morgan fingerprint density at radius 1 is 1.47 bits per heavy atom. The van der Waals surface area contributed by atoms with Crippen LogP contribution in [0.5, 0.6) is 0 Å². The molecule has 1 fully saturated rings. The van der Waals surface area contributed by atoms with E-state index in [9.17, 15) is 4.79 Å². The highest BCUT2D eigenvalue weighted by Gasteiger charge is 2.36. The Labute approximate surface area is 110 Å². The number of carbonyl (C=O) groups excluding carboxylic acids is 1. The molecule has 1 aliphatic carbocycles. The Morgan fingerprint density at radius 2 is 2.26 bits per heavy atom. The molecule has 2 aliphatic rings. The van der Waals surface area contributed by atoms with Gasteiger partial charge >= 0.3 is 0 Å². The molecule has 2 aromatic rings. The second kappa shape index (κ2) is 3.56. The van der Waals surface area contributed by atoms with Gasteiger partial charge in [0, 0.05) is 24.4 Å². The number of aromatic nitrogens is 3. The molecule has 0 N–H and O–H groups in total. The van der Waals surface area contributed by atoms with E-state index in [1.54, 1.807) is 13.1 Å². The van der Waals surface area contributed by atoms with Crippen molar-refractivity contribution < 1.29 is 9.32 Å². The molecule has 4 rings (SSSR count). The van der Waals surface area contributed by atoms with E-state index in [-0.39, 0.29) is 11.8 Å². The van der Waals surface area contributed by atoms with Crippen LogP contribution >= 0.6 is 0 Å². The fourth-order valence-electron chi connectivity index (χ4n) is 3.02. The lowest BCUT2D eigenvalue weighted by Gasteiger charge is -2.22. The molecule has 1 unspecified atom stereocenters. The minimum absolute atomic E-state index is 0.0107. The van der Waals surface area contributed by atoms with E-state index in [0.717, 1.165) is 23.6 Å². The molecule has 1 saturated carbocycles. The summed E-state index contributed by atoms with van der Waals surface area (Å²) in [7, 11) is 0. The third-order valence-corrected chi connectivity index (χ3v) is 4.07. The number of imidazole rings is 1. The second-order valence-electron chi connectivity index (χ2n) is 5.60. The van der Waals surface area contributed by atoms with Gasteiger partial charge < -0.3 is 9.09 Å². The highest BCUT2D eigenvalue weighted by atomic mass is 16.5. The molecule has 5 nitrogen and oxygen atoms in total. The molecule has 98 valence electrons. The number of hydrogen-bond acceptors (Lipinski definition) is 4. The van der Waals surface area contributed by atoms with Crippen molar-refractivity contribution in [1.82, 2.24) is 14.7 Å². The van der Waals surface area contributed by atoms with Gasteiger partial charge in [0.05, 0.1) is 11.9 Å². The van der Waals surface area contributed by atoms with Crippen LogP contribution in [0.25, 0.3) is 11.5 Å². The highest BCUT2D eigenvalue weighted by Crippen LogP contribution is 2.46. The summed E-state index contributed by atoms with van der Waals surface area (Å²) in [5.74, 6) is 1.89. The normalized spacial score (nSPS) is 21.1. The van der Waals surface area contributed by atoms with E-state index < -0.39 is 0 Å². The Kier molecular flexibility index (Phi) is 2.05. The lowest BCUT2D eigenvalue weighted by molar-refractivity contribution is 0.0997. The largest absolute Gasteiger partial charge is 0.354 e. The van der Waals surface area contributed by atoms with Crippen molar-refractivity contribution in [2.45, 2.75) is 45.1 Å². The zero-order valence-corrected chi connectivity index (χ0v) is 11.0. The molecule has 0 saturated heterocycles. The summed E-state index contributed by atoms with van der Waals surface area (Å²) in [4.78, 5) is 15.9. The Morgan fingerprint density at radius 3 is 2.95 bits per heavy atom. The topological polar surface area (TPSA) is 60.9 Å². The van der Waals surface area contributed by atoms with Gasteiger partial charge in [0.15, 0.2) is 17.4 Å². The number of nitrogens with zero attached hydrogens (tertiary/aromatic N) is 3. The van der Waals surface area contributed by atoms with Crippen molar-refractivity contribution in [3.8, 4) is 11.5 Å². The van der Waals surface area contributed by atoms with E-state index in [2.05, 4.69) is 17.1 Å². The van der Waals surface area contributed by atoms with E-state index in [4.69, 9.17) is 4.52 Å². The fraction of sp³-hybridized carbons (Fsp3) is 0.500. The standard InChI is InChI=1S/C14H15N3O2/c1-7-5-10-12(9-3-4-9)16-19-13(10)11-6-15-14(8(2)18)17(7)11/h6-7,9H,3-5H2,1-2H3. The average Bonchev–Trinajstić information content (AvgIpc) is 2.96. The molecule has 5 heteroatoms. The van der Waals surface area contributed by atoms with Gasteiger partial charge in [0.1, 0.15) is 5.69 Å². The predicted octanol–water partition coefficient (Wildman–Crippen LogP) is 2.74. The van der Waals surface area contributed by atoms with Crippen LogP contribution in [0.1, 0.15) is 60.5 Å². The first-order valence-corrected chi connectivity index (χ1v) is 6.73. The molecular formula is C14H15N3O2. The maximum absolute atomic E-state index is 11.6. The summed E-state index contributed by atoms with van der Waals surface area (Å²) < 4.78 is 7.51. The van der Waals surface area contributed by atoms with Crippen molar-refractivity contribution in [3.63, 3.8) is 0 Å². The molecule has 0 spiro atoms. The molecule has 2 aromatic heterocycles. The fourth-order valence-corrected chi connectivity index (χ4v) is 3.02. The van der Waals surface area contributed by atoms with E-state index in [1.165, 1.54) is 18.4 Å². The zero-order valence-electron chi connectivity index (χ0n) is 11.0. The summed E-state index contributed by atoms with van der Waals surface area (Å²) >= 11 is 0. The average molecular weight is 257 g/mol. The van der Waals surface area contributed by atoms with Crippen LogP contribution in [0.3, 0.4) is 0 Å². The summed E-state index contributed by atoms with van der Waals surface area (Å²) in [6.07, 6.45) is 5.03. The van der Waals surface area contributed by atoms with Crippen molar-refractivity contribution >= 4 is 5.78 Å². The van der Waals surface area contributed by atoms with Gasteiger partial charge in [-0.3, -0.25) is 4.79 Å². The number of Topliss-reactive ketones (excluding diaryl/α,β-unsaturated/α-hetero) is 1. The van der Waals surface area contributed by atoms with Crippen LogP contribution in [0, 0.1) is 0 Å². The number of rotatable bonds is 2. The molecule has 1 atom stereocenters. The number of hydrogen-bond donors (Lipinski definition) is 0. The summed E-state index contributed by atoms with van der Waals surface area (Å²) in [5.41, 5.74) is 3.23. The quantitative estimate of drug-likeness (QED) is 0.776. The van der Waals surface area contributed by atoms with Gasteiger partial charge in [-0.15, -0.1) is 0 Å². The smallest absolute Gasteiger partial charge is 0.195 e. The zero-order chi connectivity index (χ0) is 13.1. The molecule has 0 amide bonds. The predicted molar refractivity (Wildman–Crippen MR) is 68.1 cm³/mol. The molecule has 19 heavy (non-hydrogen) atoms. The minimum atomic E-state index is -0.0107. The van der Waals surface area contributed by atoms with Gasteiger partial charge in [0.25, 0.3) is 0 Å². The van der Waals surface area contributed by atoms with Crippen LogP contribution in [0.15, 0.2) is 10.7 Å². The van der Waals surface area contributed by atoms with Gasteiger partial charge in [0.2, 0.25) is 0 Å². The lowest BCUT2D eigenvalue weighted by Crippen LogP contribution is -2.19. The van der Waals surface area contributed by atoms with E-state index in [1.807, 2.05) is 4.57 Å². The molecule has 3 heterocycles. The Hall–Kier alpha value is -1.91. The van der Waals surface area contributed by atoms with Gasteiger partial charge in [-0.05, 0) is 26.2 Å². The SMILES string of the molecule is CC(=O)c1ncc2n1C(C)Cc1c(C3CC3)noc1-2. The van der Waals surface area contributed by atoms with Crippen molar-refractivity contribution in [3.05, 3.63) is 23.3 Å². The molecule has 0 bridgehead atoms. The monoisotopic (exact) mass is 257 g/mol. The van der Waals surface area contributed by atoms with Gasteiger partial charge in [-0.2, -0.15) is 0 Å². The summed E-state index contributed by atoms with van der Waals surface area (Å²) in [6, 6.07) is 0.223. The highest BCUT2D eigenvalue weighted by molar-refractivity contribution is 5.91. The second-order valence-corrected chi connectivity index (χ2v) is 5.60. The van der Waals surface area contributed by atoms with Gasteiger partial charge in [-0.25, -0.2) is 4.98 Å². The first-order valence-electron chi connectivity index (χ1n) is 6.73. The first-order chi connectivity index (χ1) is 9.16.